The molecule has 0 radical (unpaired) electrons. The summed E-state index contributed by atoms with van der Waals surface area (Å²) >= 11 is 0. The molecule has 2 amide bonds. The zero-order valence-corrected chi connectivity index (χ0v) is 20.0. The normalized spacial score (nSPS) is 28.2. The minimum Gasteiger partial charge on any atom is -0.449 e. The summed E-state index contributed by atoms with van der Waals surface area (Å²) in [5.41, 5.74) is 4.17. The highest BCUT2D eigenvalue weighted by Crippen LogP contribution is 2.50. The van der Waals surface area contributed by atoms with E-state index in [-0.39, 0.29) is 23.7 Å². The van der Waals surface area contributed by atoms with Crippen LogP contribution in [0, 0.1) is 13.8 Å². The van der Waals surface area contributed by atoms with Crippen LogP contribution in [0.15, 0.2) is 22.7 Å². The quantitative estimate of drug-likeness (QED) is 0.579. The molecule has 9 heteroatoms. The molecule has 9 nitrogen and oxygen atoms in total. The van der Waals surface area contributed by atoms with E-state index in [0.29, 0.717) is 12.1 Å². The molecule has 1 saturated heterocycles. The van der Waals surface area contributed by atoms with E-state index < -0.39 is 12.1 Å². The molecular formula is C25H32N4O5. The Morgan fingerprint density at radius 2 is 1.88 bits per heavy atom. The van der Waals surface area contributed by atoms with Gasteiger partial charge in [-0.1, -0.05) is 11.2 Å². The van der Waals surface area contributed by atoms with Crippen LogP contribution >= 0.6 is 0 Å². The number of alkyl carbamates (subject to hydrolysis) is 1. The summed E-state index contributed by atoms with van der Waals surface area (Å²) in [6, 6.07) is 5.36. The molecule has 34 heavy (non-hydrogen) atoms. The van der Waals surface area contributed by atoms with Crippen molar-refractivity contribution in [3.63, 3.8) is 0 Å². The number of ether oxygens (including phenoxy) is 2. The van der Waals surface area contributed by atoms with Gasteiger partial charge < -0.3 is 29.9 Å². The predicted molar refractivity (Wildman–Crippen MR) is 127 cm³/mol. The topological polar surface area (TPSA) is 115 Å². The fourth-order valence-corrected chi connectivity index (χ4v) is 5.68. The highest BCUT2D eigenvalue weighted by atomic mass is 16.6. The third kappa shape index (κ3) is 4.13. The number of aromatic nitrogens is 1. The Hall–Kier alpha value is -3.07. The van der Waals surface area contributed by atoms with Crippen LogP contribution in [-0.4, -0.2) is 48.1 Å². The fourth-order valence-electron chi connectivity index (χ4n) is 5.68. The van der Waals surface area contributed by atoms with Crippen molar-refractivity contribution in [1.82, 2.24) is 10.5 Å². The standard InChI is InChI=1S/C25H32N4O5/c1-15-21(16(2)34-29-15)17-4-5-18(28-24-7-10-25(32-3,11-8-24)12-9-24)20(14-17)26-22(30)19-6-13-33-23(31)27-19/h4-5,14,19,28H,6-13H2,1-3H3,(H,26,30)(H,27,31)/t19-,24?,25?/m0/s1. The lowest BCUT2D eigenvalue weighted by Crippen LogP contribution is -2.54. The van der Waals surface area contributed by atoms with Crippen molar-refractivity contribution in [3.8, 4) is 11.1 Å². The van der Waals surface area contributed by atoms with Gasteiger partial charge in [0.05, 0.1) is 29.3 Å². The Balaban J connectivity index is 1.44. The summed E-state index contributed by atoms with van der Waals surface area (Å²) in [7, 11) is 1.82. The Bertz CT molecular complexity index is 1070. The van der Waals surface area contributed by atoms with Crippen molar-refractivity contribution in [3.05, 3.63) is 29.7 Å². The van der Waals surface area contributed by atoms with Gasteiger partial charge in [0.15, 0.2) is 0 Å². The molecule has 1 aromatic heterocycles. The summed E-state index contributed by atoms with van der Waals surface area (Å²) in [4.78, 5) is 24.7. The summed E-state index contributed by atoms with van der Waals surface area (Å²) in [5.74, 6) is 0.458. The number of nitrogens with zero attached hydrogens (tertiary/aromatic N) is 1. The minimum atomic E-state index is -0.637. The zero-order chi connectivity index (χ0) is 23.9. The fraction of sp³-hybridized carbons (Fsp3) is 0.560. The van der Waals surface area contributed by atoms with Gasteiger partial charge in [0.2, 0.25) is 5.91 Å². The van der Waals surface area contributed by atoms with Crippen LogP contribution in [-0.2, 0) is 14.3 Å². The van der Waals surface area contributed by atoms with E-state index in [4.69, 9.17) is 14.0 Å². The smallest absolute Gasteiger partial charge is 0.407 e. The van der Waals surface area contributed by atoms with Crippen molar-refractivity contribution in [2.75, 3.05) is 24.4 Å². The minimum absolute atomic E-state index is 0.0167. The van der Waals surface area contributed by atoms with Gasteiger partial charge >= 0.3 is 6.09 Å². The van der Waals surface area contributed by atoms with Crippen molar-refractivity contribution in [2.45, 2.75) is 76.0 Å². The number of hydrogen-bond acceptors (Lipinski definition) is 7. The maximum Gasteiger partial charge on any atom is 0.407 e. The SMILES string of the molecule is COC12CCC(Nc3ccc(-c4c(C)noc4C)cc3NC(=O)[C@@H]3CCOC(=O)N3)(CC1)CC2. The van der Waals surface area contributed by atoms with E-state index in [9.17, 15) is 9.59 Å². The van der Waals surface area contributed by atoms with E-state index in [1.165, 1.54) is 0 Å². The first-order chi connectivity index (χ1) is 16.3. The number of carbonyl (C=O) groups excluding carboxylic acids is 2. The highest BCUT2D eigenvalue weighted by molar-refractivity contribution is 6.00. The molecule has 4 fully saturated rings. The average molecular weight is 469 g/mol. The van der Waals surface area contributed by atoms with Gasteiger partial charge in [-0.15, -0.1) is 0 Å². The van der Waals surface area contributed by atoms with E-state index in [2.05, 4.69) is 21.1 Å². The molecule has 6 rings (SSSR count). The Labute approximate surface area is 198 Å². The zero-order valence-electron chi connectivity index (χ0n) is 20.0. The number of anilines is 2. The van der Waals surface area contributed by atoms with Gasteiger partial charge in [-0.25, -0.2) is 4.79 Å². The number of nitrogens with one attached hydrogen (secondary N) is 3. The molecule has 0 spiro atoms. The van der Waals surface area contributed by atoms with E-state index in [0.717, 1.165) is 66.8 Å². The van der Waals surface area contributed by atoms with Gasteiger partial charge in [0.1, 0.15) is 11.8 Å². The molecule has 1 aromatic carbocycles. The van der Waals surface area contributed by atoms with Crippen LogP contribution in [0.2, 0.25) is 0 Å². The Kier molecular flexibility index (Phi) is 5.75. The van der Waals surface area contributed by atoms with Gasteiger partial charge in [0, 0.05) is 24.6 Å². The number of amides is 2. The molecule has 3 saturated carbocycles. The maximum absolute atomic E-state index is 13.1. The number of fused-ring (bicyclic) bond motifs is 3. The number of carbonyl (C=O) groups is 2. The van der Waals surface area contributed by atoms with Crippen molar-refractivity contribution in [1.29, 1.82) is 0 Å². The van der Waals surface area contributed by atoms with Crippen molar-refractivity contribution < 1.29 is 23.6 Å². The Morgan fingerprint density at radius 1 is 1.15 bits per heavy atom. The molecule has 1 atom stereocenters. The second-order valence-corrected chi connectivity index (χ2v) is 9.86. The summed E-state index contributed by atoms with van der Waals surface area (Å²) in [6.07, 6.45) is 6.02. The first kappa shape index (κ1) is 22.7. The summed E-state index contributed by atoms with van der Waals surface area (Å²) in [6.45, 7) is 4.00. The van der Waals surface area contributed by atoms with E-state index in [1.807, 2.05) is 39.2 Å². The predicted octanol–water partition coefficient (Wildman–Crippen LogP) is 4.30. The molecular weight excluding hydrogens is 436 g/mol. The lowest BCUT2D eigenvalue weighted by molar-refractivity contribution is -0.119. The van der Waals surface area contributed by atoms with Crippen LogP contribution in [0.5, 0.6) is 0 Å². The molecule has 2 heterocycles. The van der Waals surface area contributed by atoms with Gasteiger partial charge in [-0.3, -0.25) is 4.79 Å². The van der Waals surface area contributed by atoms with Crippen LogP contribution in [0.4, 0.5) is 16.2 Å². The monoisotopic (exact) mass is 468 g/mol. The Morgan fingerprint density at radius 3 is 2.50 bits per heavy atom. The molecule has 1 aliphatic heterocycles. The lowest BCUT2D eigenvalue weighted by atomic mass is 9.63. The van der Waals surface area contributed by atoms with Gasteiger partial charge in [-0.05, 0) is 70.1 Å². The largest absolute Gasteiger partial charge is 0.449 e. The number of methoxy groups -OCH3 is 1. The highest BCUT2D eigenvalue weighted by Gasteiger charge is 2.49. The number of rotatable bonds is 6. The third-order valence-corrected chi connectivity index (χ3v) is 7.86. The molecule has 182 valence electrons. The summed E-state index contributed by atoms with van der Waals surface area (Å²) < 4.78 is 16.1. The number of cyclic esters (lactones) is 1. The second kappa shape index (κ2) is 8.61. The molecule has 2 bridgehead atoms. The van der Waals surface area contributed by atoms with Crippen LogP contribution < -0.4 is 16.0 Å². The van der Waals surface area contributed by atoms with Crippen molar-refractivity contribution >= 4 is 23.4 Å². The average Bonchev–Trinajstić information content (AvgIpc) is 3.19. The van der Waals surface area contributed by atoms with Gasteiger partial charge in [-0.2, -0.15) is 0 Å². The van der Waals surface area contributed by atoms with E-state index >= 15 is 0 Å². The molecule has 3 aliphatic carbocycles. The first-order valence-corrected chi connectivity index (χ1v) is 12.0. The van der Waals surface area contributed by atoms with Crippen LogP contribution in [0.1, 0.15) is 56.4 Å². The molecule has 3 N–H and O–H groups in total. The second-order valence-electron chi connectivity index (χ2n) is 9.86. The van der Waals surface area contributed by atoms with Crippen LogP contribution in [0.3, 0.4) is 0 Å². The maximum atomic E-state index is 13.1. The molecule has 2 aromatic rings. The number of benzene rings is 1. The van der Waals surface area contributed by atoms with Gasteiger partial charge in [0.25, 0.3) is 0 Å². The van der Waals surface area contributed by atoms with Crippen LogP contribution in [0.25, 0.3) is 11.1 Å². The van der Waals surface area contributed by atoms with E-state index in [1.54, 1.807) is 0 Å². The first-order valence-electron chi connectivity index (χ1n) is 12.0. The third-order valence-electron chi connectivity index (χ3n) is 7.86. The number of aryl methyl sites for hydroxylation is 2. The lowest BCUT2D eigenvalue weighted by Gasteiger charge is -2.53. The van der Waals surface area contributed by atoms with Crippen molar-refractivity contribution in [2.24, 2.45) is 0 Å². The number of hydrogen-bond donors (Lipinski definition) is 3. The molecule has 0 unspecified atom stereocenters. The molecule has 4 aliphatic rings. The summed E-state index contributed by atoms with van der Waals surface area (Å²) in [5, 5.41) is 13.5.